The molecule has 1 saturated heterocycles. The Hall–Kier alpha value is -1.77. The summed E-state index contributed by atoms with van der Waals surface area (Å²) in [6.07, 6.45) is 10.6. The van der Waals surface area contributed by atoms with E-state index in [9.17, 15) is 10.2 Å². The van der Waals surface area contributed by atoms with Crippen molar-refractivity contribution in [3.05, 3.63) is 30.1 Å². The van der Waals surface area contributed by atoms with E-state index in [1.807, 2.05) is 30.3 Å². The Labute approximate surface area is 165 Å². The first-order chi connectivity index (χ1) is 13.5. The van der Waals surface area contributed by atoms with Gasteiger partial charge in [0.2, 0.25) is 0 Å². The molecule has 0 amide bonds. The van der Waals surface area contributed by atoms with Crippen LogP contribution in [-0.2, 0) is 19.2 Å². The number of aliphatic hydroxyl groups excluding tert-OH is 1. The summed E-state index contributed by atoms with van der Waals surface area (Å²) in [6.45, 7) is 2.91. The van der Waals surface area contributed by atoms with Crippen molar-refractivity contribution in [1.82, 2.24) is 29.4 Å². The van der Waals surface area contributed by atoms with Crippen LogP contribution in [0.5, 0.6) is 0 Å². The van der Waals surface area contributed by atoms with Crippen molar-refractivity contribution in [1.29, 1.82) is 0 Å². The summed E-state index contributed by atoms with van der Waals surface area (Å²) in [6, 6.07) is -0.0550. The van der Waals surface area contributed by atoms with Crippen molar-refractivity contribution in [2.75, 3.05) is 13.1 Å². The number of likely N-dealkylation sites (tertiary alicyclic amines) is 1. The zero-order valence-corrected chi connectivity index (χ0v) is 16.5. The largest absolute Gasteiger partial charge is 0.391 e. The van der Waals surface area contributed by atoms with Crippen LogP contribution in [0.2, 0.25) is 0 Å². The molecule has 0 unspecified atom stereocenters. The van der Waals surface area contributed by atoms with Gasteiger partial charge < -0.3 is 14.8 Å². The van der Waals surface area contributed by atoms with E-state index in [1.54, 1.807) is 0 Å². The highest BCUT2D eigenvalue weighted by Gasteiger charge is 2.43. The Balaban J connectivity index is 1.27. The number of hydrogen-bond donors (Lipinski definition) is 2. The molecule has 0 radical (unpaired) electrons. The van der Waals surface area contributed by atoms with Gasteiger partial charge in [-0.15, -0.1) is 5.10 Å². The van der Waals surface area contributed by atoms with E-state index in [1.165, 1.54) is 0 Å². The zero-order valence-electron chi connectivity index (χ0n) is 16.5. The van der Waals surface area contributed by atoms with E-state index in [0.29, 0.717) is 17.5 Å². The van der Waals surface area contributed by atoms with E-state index in [4.69, 9.17) is 0 Å². The number of rotatable bonds is 4. The van der Waals surface area contributed by atoms with Gasteiger partial charge in [-0.25, -0.2) is 9.67 Å². The first-order valence-corrected chi connectivity index (χ1v) is 10.5. The summed E-state index contributed by atoms with van der Waals surface area (Å²) in [4.78, 5) is 6.91. The Kier molecular flexibility index (Phi) is 4.52. The highest BCUT2D eigenvalue weighted by molar-refractivity contribution is 5.10. The SMILES string of the molecule is Cn1ccnc1CN1C[C@H]2C[C@@H](n3cc(C4(O)CCCC4)nn3)[C@H](O)C[C@H]2C1. The van der Waals surface area contributed by atoms with Crippen LogP contribution in [0.25, 0.3) is 0 Å². The van der Waals surface area contributed by atoms with Crippen LogP contribution in [0.3, 0.4) is 0 Å². The molecule has 0 spiro atoms. The van der Waals surface area contributed by atoms with Crippen LogP contribution in [-0.4, -0.2) is 58.9 Å². The normalized spacial score (nSPS) is 32.7. The first-order valence-electron chi connectivity index (χ1n) is 10.5. The standard InChI is InChI=1S/C20H30N6O2/c1-24-7-6-21-19(24)13-25-10-14-8-16(17(27)9-15(14)11-25)26-12-18(22-23-26)20(28)4-2-3-5-20/h6-7,12,14-17,27-28H,2-5,8-11,13H2,1H3/t14-,15+,16-,17-/m1/s1. The molecule has 3 heterocycles. The van der Waals surface area contributed by atoms with E-state index in [2.05, 4.69) is 24.8 Å². The molecule has 0 bridgehead atoms. The summed E-state index contributed by atoms with van der Waals surface area (Å²) in [5.41, 5.74) is -0.158. The van der Waals surface area contributed by atoms with Crippen LogP contribution in [0.1, 0.15) is 56.1 Å². The lowest BCUT2D eigenvalue weighted by molar-refractivity contribution is 0.0290. The highest BCUT2D eigenvalue weighted by atomic mass is 16.3. The highest BCUT2D eigenvalue weighted by Crippen LogP contribution is 2.42. The number of hydrogen-bond acceptors (Lipinski definition) is 6. The van der Waals surface area contributed by atoms with Crippen LogP contribution in [0, 0.1) is 11.8 Å². The minimum absolute atomic E-state index is 0.0550. The van der Waals surface area contributed by atoms with Gasteiger partial charge in [-0.05, 0) is 37.5 Å². The van der Waals surface area contributed by atoms with Crippen LogP contribution in [0.4, 0.5) is 0 Å². The summed E-state index contributed by atoms with van der Waals surface area (Å²) in [5.74, 6) is 2.16. The molecule has 0 aromatic carbocycles. The molecule has 2 N–H and O–H groups in total. The fraction of sp³-hybridized carbons (Fsp3) is 0.750. The van der Waals surface area contributed by atoms with E-state index >= 15 is 0 Å². The second-order valence-electron chi connectivity index (χ2n) is 9.10. The maximum atomic E-state index is 10.8. The third-order valence-corrected chi connectivity index (χ3v) is 7.23. The third kappa shape index (κ3) is 3.17. The molecule has 8 nitrogen and oxygen atoms in total. The number of fused-ring (bicyclic) bond motifs is 1. The monoisotopic (exact) mass is 386 g/mol. The van der Waals surface area contributed by atoms with Gasteiger partial charge in [-0.1, -0.05) is 18.1 Å². The summed E-state index contributed by atoms with van der Waals surface area (Å²) >= 11 is 0. The molecule has 5 rings (SSSR count). The van der Waals surface area contributed by atoms with Crippen molar-refractivity contribution >= 4 is 0 Å². The Morgan fingerprint density at radius 2 is 1.93 bits per heavy atom. The molecule has 1 aliphatic heterocycles. The van der Waals surface area contributed by atoms with Crippen LogP contribution in [0.15, 0.2) is 18.6 Å². The molecule has 2 aliphatic carbocycles. The Morgan fingerprint density at radius 1 is 1.18 bits per heavy atom. The van der Waals surface area contributed by atoms with E-state index < -0.39 is 11.7 Å². The molecule has 28 heavy (non-hydrogen) atoms. The van der Waals surface area contributed by atoms with Crippen molar-refractivity contribution in [2.24, 2.45) is 18.9 Å². The minimum Gasteiger partial charge on any atom is -0.391 e. The molecule has 2 aromatic rings. The predicted octanol–water partition coefficient (Wildman–Crippen LogP) is 1.22. The second-order valence-corrected chi connectivity index (χ2v) is 9.10. The number of nitrogens with zero attached hydrogens (tertiary/aromatic N) is 6. The molecular weight excluding hydrogens is 356 g/mol. The first kappa shape index (κ1) is 18.3. The predicted molar refractivity (Wildman–Crippen MR) is 102 cm³/mol. The number of imidazole rings is 1. The van der Waals surface area contributed by atoms with Gasteiger partial charge in [0.1, 0.15) is 17.1 Å². The van der Waals surface area contributed by atoms with E-state index in [0.717, 1.165) is 64.0 Å². The fourth-order valence-corrected chi connectivity index (χ4v) is 5.53. The number of aliphatic hydroxyl groups is 2. The molecule has 3 fully saturated rings. The van der Waals surface area contributed by atoms with Gasteiger partial charge in [0.25, 0.3) is 0 Å². The van der Waals surface area contributed by atoms with E-state index in [-0.39, 0.29) is 6.04 Å². The molecule has 152 valence electrons. The minimum atomic E-state index is -0.827. The molecule has 3 aliphatic rings. The van der Waals surface area contributed by atoms with Gasteiger partial charge >= 0.3 is 0 Å². The van der Waals surface area contributed by atoms with Crippen molar-refractivity contribution in [3.8, 4) is 0 Å². The third-order valence-electron chi connectivity index (χ3n) is 7.23. The lowest BCUT2D eigenvalue weighted by Crippen LogP contribution is -2.36. The van der Waals surface area contributed by atoms with Crippen LogP contribution >= 0.6 is 0 Å². The average Bonchev–Trinajstić information content (AvgIpc) is 3.43. The van der Waals surface area contributed by atoms with Gasteiger partial charge in [-0.3, -0.25) is 4.90 Å². The molecule has 4 atom stereocenters. The van der Waals surface area contributed by atoms with Gasteiger partial charge in [0, 0.05) is 32.5 Å². The zero-order chi connectivity index (χ0) is 19.3. The summed E-state index contributed by atoms with van der Waals surface area (Å²) in [5, 5.41) is 30.2. The van der Waals surface area contributed by atoms with Crippen molar-refractivity contribution in [3.63, 3.8) is 0 Å². The van der Waals surface area contributed by atoms with Gasteiger partial charge in [0.05, 0.1) is 24.9 Å². The molecular formula is C20H30N6O2. The molecule has 8 heteroatoms. The molecule has 2 saturated carbocycles. The fourth-order valence-electron chi connectivity index (χ4n) is 5.53. The Morgan fingerprint density at radius 3 is 2.64 bits per heavy atom. The van der Waals surface area contributed by atoms with Crippen molar-refractivity contribution in [2.45, 2.75) is 62.8 Å². The summed E-state index contributed by atoms with van der Waals surface area (Å²) in [7, 11) is 2.03. The maximum Gasteiger partial charge on any atom is 0.122 e. The lowest BCUT2D eigenvalue weighted by atomic mass is 9.77. The average molecular weight is 387 g/mol. The number of aryl methyl sites for hydroxylation is 1. The quantitative estimate of drug-likeness (QED) is 0.821. The molecule has 2 aromatic heterocycles. The summed E-state index contributed by atoms with van der Waals surface area (Å²) < 4.78 is 3.89. The Bertz CT molecular complexity index is 826. The maximum absolute atomic E-state index is 10.8. The number of aromatic nitrogens is 5. The van der Waals surface area contributed by atoms with Gasteiger partial charge in [0.15, 0.2) is 0 Å². The van der Waals surface area contributed by atoms with Crippen molar-refractivity contribution < 1.29 is 10.2 Å². The van der Waals surface area contributed by atoms with Crippen LogP contribution < -0.4 is 0 Å². The lowest BCUT2D eigenvalue weighted by Gasteiger charge is -2.35. The topological polar surface area (TPSA) is 92.2 Å². The second kappa shape index (κ2) is 6.93. The smallest absolute Gasteiger partial charge is 0.122 e. The van der Waals surface area contributed by atoms with Gasteiger partial charge in [-0.2, -0.15) is 0 Å².